The molecule has 1 rings (SSSR count). The van der Waals surface area contributed by atoms with Crippen molar-refractivity contribution in [1.29, 1.82) is 0 Å². The van der Waals surface area contributed by atoms with Gasteiger partial charge in [0.2, 0.25) is 0 Å². The second kappa shape index (κ2) is 9.48. The molecular formula is C15H25BrN2O. The summed E-state index contributed by atoms with van der Waals surface area (Å²) in [6, 6.07) is 8.86. The number of aliphatic hydroxyl groups excluding tert-OH is 1. The zero-order valence-electron chi connectivity index (χ0n) is 11.9. The molecule has 0 aliphatic rings. The summed E-state index contributed by atoms with van der Waals surface area (Å²) >= 11 is 3.53. The molecule has 19 heavy (non-hydrogen) atoms. The van der Waals surface area contributed by atoms with Crippen LogP contribution in [0.2, 0.25) is 0 Å². The predicted octanol–water partition coefficient (Wildman–Crippen LogP) is 2.80. The predicted molar refractivity (Wildman–Crippen MR) is 84.4 cm³/mol. The molecule has 1 atom stereocenters. The zero-order chi connectivity index (χ0) is 14.1. The lowest BCUT2D eigenvalue weighted by atomic mass is 10.0. The third kappa shape index (κ3) is 6.52. The van der Waals surface area contributed by atoms with Crippen LogP contribution in [0.1, 0.15) is 31.4 Å². The number of nitrogens with one attached hydrogen (secondary N) is 1. The Morgan fingerprint density at radius 3 is 2.79 bits per heavy atom. The first kappa shape index (κ1) is 16.6. The maximum atomic E-state index is 8.93. The van der Waals surface area contributed by atoms with Crippen LogP contribution >= 0.6 is 15.9 Å². The smallest absolute Gasteiger partial charge is 0.0558 e. The van der Waals surface area contributed by atoms with E-state index >= 15 is 0 Å². The third-order valence-corrected chi connectivity index (χ3v) is 3.67. The van der Waals surface area contributed by atoms with Crippen LogP contribution in [0.3, 0.4) is 0 Å². The van der Waals surface area contributed by atoms with Crippen molar-refractivity contribution in [2.75, 3.05) is 33.3 Å². The Bertz CT molecular complexity index is 360. The lowest BCUT2D eigenvalue weighted by molar-refractivity contribution is 0.215. The van der Waals surface area contributed by atoms with Crippen molar-refractivity contribution in [2.45, 2.75) is 25.8 Å². The molecule has 2 N–H and O–H groups in total. The Hall–Kier alpha value is -0.420. The van der Waals surface area contributed by atoms with E-state index in [1.807, 2.05) is 7.05 Å². The minimum atomic E-state index is 0.223. The van der Waals surface area contributed by atoms with Gasteiger partial charge >= 0.3 is 0 Å². The van der Waals surface area contributed by atoms with E-state index in [-0.39, 0.29) is 6.61 Å². The molecule has 1 unspecified atom stereocenters. The van der Waals surface area contributed by atoms with Crippen molar-refractivity contribution in [3.8, 4) is 0 Å². The molecule has 1 aromatic carbocycles. The quantitative estimate of drug-likeness (QED) is 0.731. The van der Waals surface area contributed by atoms with Gasteiger partial charge in [-0.3, -0.25) is 0 Å². The van der Waals surface area contributed by atoms with Crippen molar-refractivity contribution < 1.29 is 5.11 Å². The number of rotatable bonds is 9. The Labute approximate surface area is 125 Å². The van der Waals surface area contributed by atoms with E-state index in [1.165, 1.54) is 5.56 Å². The second-order valence-corrected chi connectivity index (χ2v) is 5.79. The number of nitrogens with zero attached hydrogens (tertiary/aromatic N) is 1. The summed E-state index contributed by atoms with van der Waals surface area (Å²) in [6.07, 6.45) is 2.18. The first-order valence-corrected chi connectivity index (χ1v) is 7.75. The Morgan fingerprint density at radius 1 is 1.37 bits per heavy atom. The molecule has 0 aromatic heterocycles. The number of likely N-dealkylation sites (N-methyl/N-ethyl adjacent to an activating group) is 1. The highest BCUT2D eigenvalue weighted by atomic mass is 79.9. The minimum absolute atomic E-state index is 0.223. The standard InChI is InChI=1S/C15H25BrN2O/c1-3-8-17-15(7-9-18(2)10-11-19)13-5-4-6-14(16)12-13/h4-6,12,15,17,19H,3,7-11H2,1-2H3. The molecule has 3 nitrogen and oxygen atoms in total. The van der Waals surface area contributed by atoms with E-state index in [9.17, 15) is 0 Å². The maximum Gasteiger partial charge on any atom is 0.0558 e. The van der Waals surface area contributed by atoms with Crippen LogP contribution in [-0.2, 0) is 0 Å². The van der Waals surface area contributed by atoms with Gasteiger partial charge in [0.1, 0.15) is 0 Å². The molecule has 0 aliphatic heterocycles. The Morgan fingerprint density at radius 2 is 2.16 bits per heavy atom. The molecule has 0 radical (unpaired) electrons. The Kier molecular flexibility index (Phi) is 8.30. The van der Waals surface area contributed by atoms with Crippen LogP contribution in [0.4, 0.5) is 0 Å². The van der Waals surface area contributed by atoms with E-state index in [1.54, 1.807) is 0 Å². The summed E-state index contributed by atoms with van der Waals surface area (Å²) in [6.45, 7) is 5.15. The average Bonchev–Trinajstić information content (AvgIpc) is 2.39. The third-order valence-electron chi connectivity index (χ3n) is 3.17. The maximum absolute atomic E-state index is 8.93. The van der Waals surface area contributed by atoms with Crippen LogP contribution in [-0.4, -0.2) is 43.3 Å². The fraction of sp³-hybridized carbons (Fsp3) is 0.600. The summed E-state index contributed by atoms with van der Waals surface area (Å²) in [5, 5.41) is 12.5. The van der Waals surface area contributed by atoms with Gasteiger partial charge in [0, 0.05) is 17.1 Å². The van der Waals surface area contributed by atoms with E-state index in [2.05, 4.69) is 57.3 Å². The normalized spacial score (nSPS) is 12.9. The van der Waals surface area contributed by atoms with Crippen LogP contribution < -0.4 is 5.32 Å². The van der Waals surface area contributed by atoms with Gasteiger partial charge in [-0.2, -0.15) is 0 Å². The van der Waals surface area contributed by atoms with Gasteiger partial charge in [0.05, 0.1) is 6.61 Å². The van der Waals surface area contributed by atoms with Gasteiger partial charge in [-0.1, -0.05) is 35.0 Å². The molecule has 0 saturated carbocycles. The zero-order valence-corrected chi connectivity index (χ0v) is 13.5. The molecule has 0 heterocycles. The van der Waals surface area contributed by atoms with Crippen LogP contribution in [0.25, 0.3) is 0 Å². The largest absolute Gasteiger partial charge is 0.395 e. The summed E-state index contributed by atoms with van der Waals surface area (Å²) in [5.41, 5.74) is 1.32. The Balaban J connectivity index is 2.61. The fourth-order valence-electron chi connectivity index (χ4n) is 2.06. The summed E-state index contributed by atoms with van der Waals surface area (Å²) in [7, 11) is 2.05. The number of benzene rings is 1. The molecule has 0 amide bonds. The number of hydrogen-bond acceptors (Lipinski definition) is 3. The summed E-state index contributed by atoms with van der Waals surface area (Å²) < 4.78 is 1.12. The van der Waals surface area contributed by atoms with Gasteiger partial charge < -0.3 is 15.3 Å². The van der Waals surface area contributed by atoms with E-state index in [4.69, 9.17) is 5.11 Å². The average molecular weight is 329 g/mol. The van der Waals surface area contributed by atoms with E-state index < -0.39 is 0 Å². The van der Waals surface area contributed by atoms with Gasteiger partial charge in [-0.05, 0) is 50.7 Å². The van der Waals surface area contributed by atoms with Gasteiger partial charge in [0.15, 0.2) is 0 Å². The van der Waals surface area contributed by atoms with Crippen LogP contribution in [0.15, 0.2) is 28.7 Å². The first-order chi connectivity index (χ1) is 9.17. The number of aliphatic hydroxyl groups is 1. The highest BCUT2D eigenvalue weighted by molar-refractivity contribution is 9.10. The molecule has 0 fully saturated rings. The highest BCUT2D eigenvalue weighted by Gasteiger charge is 2.11. The van der Waals surface area contributed by atoms with Crippen molar-refractivity contribution in [2.24, 2.45) is 0 Å². The van der Waals surface area contributed by atoms with Crippen molar-refractivity contribution >= 4 is 15.9 Å². The monoisotopic (exact) mass is 328 g/mol. The van der Waals surface area contributed by atoms with Crippen molar-refractivity contribution in [3.63, 3.8) is 0 Å². The van der Waals surface area contributed by atoms with Gasteiger partial charge in [0.25, 0.3) is 0 Å². The first-order valence-electron chi connectivity index (χ1n) is 6.95. The van der Waals surface area contributed by atoms with Crippen molar-refractivity contribution in [1.82, 2.24) is 10.2 Å². The van der Waals surface area contributed by atoms with Crippen LogP contribution in [0, 0.1) is 0 Å². The molecular weight excluding hydrogens is 304 g/mol. The van der Waals surface area contributed by atoms with Gasteiger partial charge in [-0.15, -0.1) is 0 Å². The minimum Gasteiger partial charge on any atom is -0.395 e. The lowest BCUT2D eigenvalue weighted by Gasteiger charge is -2.23. The lowest BCUT2D eigenvalue weighted by Crippen LogP contribution is -2.29. The summed E-state index contributed by atoms with van der Waals surface area (Å²) in [4.78, 5) is 2.17. The molecule has 0 bridgehead atoms. The fourth-order valence-corrected chi connectivity index (χ4v) is 2.48. The van der Waals surface area contributed by atoms with E-state index in [0.29, 0.717) is 6.04 Å². The van der Waals surface area contributed by atoms with Crippen LogP contribution in [0.5, 0.6) is 0 Å². The van der Waals surface area contributed by atoms with Crippen molar-refractivity contribution in [3.05, 3.63) is 34.3 Å². The number of hydrogen-bond donors (Lipinski definition) is 2. The van der Waals surface area contributed by atoms with Gasteiger partial charge in [-0.25, -0.2) is 0 Å². The molecule has 0 aliphatic carbocycles. The summed E-state index contributed by atoms with van der Waals surface area (Å²) in [5.74, 6) is 0. The van der Waals surface area contributed by atoms with E-state index in [0.717, 1.165) is 36.9 Å². The topological polar surface area (TPSA) is 35.5 Å². The SMILES string of the molecule is CCCNC(CCN(C)CCO)c1cccc(Br)c1. The molecule has 1 aromatic rings. The highest BCUT2D eigenvalue weighted by Crippen LogP contribution is 2.21. The number of halogens is 1. The molecule has 4 heteroatoms. The second-order valence-electron chi connectivity index (χ2n) is 4.88. The molecule has 0 spiro atoms. The molecule has 108 valence electrons. The molecule has 0 saturated heterocycles.